The highest BCUT2D eigenvalue weighted by molar-refractivity contribution is 5.92. The second kappa shape index (κ2) is 6.33. The summed E-state index contributed by atoms with van der Waals surface area (Å²) in [6.45, 7) is 1.23. The van der Waals surface area contributed by atoms with Crippen LogP contribution in [-0.2, 0) is 9.53 Å². The van der Waals surface area contributed by atoms with E-state index in [4.69, 9.17) is 15.6 Å². The van der Waals surface area contributed by atoms with E-state index in [9.17, 15) is 9.59 Å². The second-order valence-electron chi connectivity index (χ2n) is 4.66. The van der Waals surface area contributed by atoms with E-state index in [2.05, 4.69) is 9.88 Å². The normalized spacial score (nSPS) is 16.1. The van der Waals surface area contributed by atoms with E-state index in [0.29, 0.717) is 5.56 Å². The molecule has 20 heavy (non-hydrogen) atoms. The highest BCUT2D eigenvalue weighted by Gasteiger charge is 2.21. The zero-order chi connectivity index (χ0) is 14.5. The van der Waals surface area contributed by atoms with Gasteiger partial charge in [0.05, 0.1) is 11.7 Å². The molecule has 1 aromatic heterocycles. The summed E-state index contributed by atoms with van der Waals surface area (Å²) in [6, 6.07) is 3.41. The van der Waals surface area contributed by atoms with Gasteiger partial charge < -0.3 is 20.5 Å². The highest BCUT2D eigenvalue weighted by Crippen LogP contribution is 2.19. The lowest BCUT2D eigenvalue weighted by Crippen LogP contribution is -2.38. The average molecular weight is 279 g/mol. The number of carboxylic acids is 1. The van der Waals surface area contributed by atoms with Crippen molar-refractivity contribution in [3.63, 3.8) is 0 Å². The molecule has 1 aliphatic heterocycles. The lowest BCUT2D eigenvalue weighted by molar-refractivity contribution is -0.144. The smallest absolute Gasteiger partial charge is 0.329 e. The molecule has 1 aliphatic rings. The van der Waals surface area contributed by atoms with Crippen LogP contribution >= 0.6 is 0 Å². The fraction of sp³-hybridized carbons (Fsp3) is 0.462. The predicted octanol–water partition coefficient (Wildman–Crippen LogP) is 0.250. The SMILES string of the molecule is NC(=O)c1ccc(N2CCC(OCC(=O)O)CC2)nc1. The number of hydrogen-bond acceptors (Lipinski definition) is 5. The zero-order valence-electron chi connectivity index (χ0n) is 11.0. The molecule has 1 amide bonds. The molecule has 1 fully saturated rings. The topological polar surface area (TPSA) is 106 Å². The van der Waals surface area contributed by atoms with Crippen molar-refractivity contribution in [3.05, 3.63) is 23.9 Å². The Kier molecular flexibility index (Phi) is 4.52. The monoisotopic (exact) mass is 279 g/mol. The number of hydrogen-bond donors (Lipinski definition) is 2. The molecule has 0 bridgehead atoms. The van der Waals surface area contributed by atoms with Gasteiger partial charge in [-0.15, -0.1) is 0 Å². The molecule has 2 heterocycles. The van der Waals surface area contributed by atoms with Gasteiger partial charge in [0.15, 0.2) is 0 Å². The van der Waals surface area contributed by atoms with Crippen LogP contribution < -0.4 is 10.6 Å². The van der Waals surface area contributed by atoms with Gasteiger partial charge in [-0.25, -0.2) is 9.78 Å². The van der Waals surface area contributed by atoms with Crippen molar-refractivity contribution < 1.29 is 19.4 Å². The highest BCUT2D eigenvalue weighted by atomic mass is 16.5. The Balaban J connectivity index is 1.87. The quantitative estimate of drug-likeness (QED) is 0.800. The number of ether oxygens (including phenoxy) is 1. The van der Waals surface area contributed by atoms with Gasteiger partial charge in [0.1, 0.15) is 12.4 Å². The van der Waals surface area contributed by atoms with Crippen molar-refractivity contribution in [1.29, 1.82) is 0 Å². The molecular formula is C13H17N3O4. The maximum absolute atomic E-state index is 11.0. The van der Waals surface area contributed by atoms with Crippen molar-refractivity contribution >= 4 is 17.7 Å². The number of aliphatic carboxylic acids is 1. The summed E-state index contributed by atoms with van der Waals surface area (Å²) in [5, 5.41) is 8.56. The third kappa shape index (κ3) is 3.67. The summed E-state index contributed by atoms with van der Waals surface area (Å²) < 4.78 is 5.27. The van der Waals surface area contributed by atoms with Gasteiger partial charge >= 0.3 is 5.97 Å². The number of anilines is 1. The minimum absolute atomic E-state index is 0.0211. The minimum atomic E-state index is -0.948. The van der Waals surface area contributed by atoms with Crippen LogP contribution in [0.15, 0.2) is 18.3 Å². The van der Waals surface area contributed by atoms with Crippen molar-refractivity contribution in [3.8, 4) is 0 Å². The van der Waals surface area contributed by atoms with Crippen LogP contribution in [-0.4, -0.2) is 47.8 Å². The molecule has 0 saturated carbocycles. The molecule has 2 rings (SSSR count). The molecule has 0 spiro atoms. The molecule has 1 aromatic rings. The second-order valence-corrected chi connectivity index (χ2v) is 4.66. The largest absolute Gasteiger partial charge is 0.480 e. The number of nitrogens with zero attached hydrogens (tertiary/aromatic N) is 2. The number of carboxylic acid groups (broad SMARTS) is 1. The van der Waals surface area contributed by atoms with Gasteiger partial charge in [0.25, 0.3) is 0 Å². The molecule has 0 radical (unpaired) electrons. The van der Waals surface area contributed by atoms with Gasteiger partial charge in [-0.05, 0) is 25.0 Å². The average Bonchev–Trinajstić information content (AvgIpc) is 2.46. The van der Waals surface area contributed by atoms with Crippen LogP contribution in [0.3, 0.4) is 0 Å². The Morgan fingerprint density at radius 1 is 1.40 bits per heavy atom. The van der Waals surface area contributed by atoms with Crippen LogP contribution in [0.1, 0.15) is 23.2 Å². The summed E-state index contributed by atoms with van der Waals surface area (Å²) in [5.74, 6) is -0.660. The number of primary amides is 1. The summed E-state index contributed by atoms with van der Waals surface area (Å²) in [7, 11) is 0. The maximum Gasteiger partial charge on any atom is 0.329 e. The number of pyridine rings is 1. The number of amides is 1. The predicted molar refractivity (Wildman–Crippen MR) is 71.6 cm³/mol. The Bertz CT molecular complexity index is 481. The number of rotatable bonds is 5. The van der Waals surface area contributed by atoms with E-state index in [0.717, 1.165) is 31.7 Å². The Labute approximate surface area is 116 Å². The molecule has 0 atom stereocenters. The van der Waals surface area contributed by atoms with Gasteiger partial charge in [-0.1, -0.05) is 0 Å². The fourth-order valence-corrected chi connectivity index (χ4v) is 2.16. The molecule has 108 valence electrons. The first-order chi connectivity index (χ1) is 9.56. The molecule has 0 unspecified atom stereocenters. The molecule has 0 aromatic carbocycles. The maximum atomic E-state index is 11.0. The number of carbonyl (C=O) groups is 2. The molecule has 3 N–H and O–H groups in total. The van der Waals surface area contributed by atoms with Gasteiger partial charge in [-0.2, -0.15) is 0 Å². The van der Waals surface area contributed by atoms with E-state index in [1.54, 1.807) is 12.1 Å². The van der Waals surface area contributed by atoms with E-state index in [1.165, 1.54) is 6.20 Å². The lowest BCUT2D eigenvalue weighted by atomic mass is 10.1. The van der Waals surface area contributed by atoms with Crippen molar-refractivity contribution in [2.75, 3.05) is 24.6 Å². The summed E-state index contributed by atoms with van der Waals surface area (Å²) in [6.07, 6.45) is 2.95. The Morgan fingerprint density at radius 3 is 2.60 bits per heavy atom. The van der Waals surface area contributed by atoms with Crippen LogP contribution in [0, 0.1) is 0 Å². The first kappa shape index (κ1) is 14.3. The summed E-state index contributed by atoms with van der Waals surface area (Å²) >= 11 is 0. The molecular weight excluding hydrogens is 262 g/mol. The number of carbonyl (C=O) groups excluding carboxylic acids is 1. The standard InChI is InChI=1S/C13H17N3O4/c14-13(19)9-1-2-11(15-7-9)16-5-3-10(4-6-16)20-8-12(17)18/h1-2,7,10H,3-6,8H2,(H2,14,19)(H,17,18). The third-order valence-electron chi connectivity index (χ3n) is 3.24. The Hall–Kier alpha value is -2.15. The van der Waals surface area contributed by atoms with E-state index >= 15 is 0 Å². The van der Waals surface area contributed by atoms with E-state index in [1.807, 2.05) is 0 Å². The third-order valence-corrected chi connectivity index (χ3v) is 3.24. The molecule has 1 saturated heterocycles. The molecule has 7 heteroatoms. The fourth-order valence-electron chi connectivity index (χ4n) is 2.16. The minimum Gasteiger partial charge on any atom is -0.480 e. The number of aromatic nitrogens is 1. The van der Waals surface area contributed by atoms with Crippen molar-refractivity contribution in [1.82, 2.24) is 4.98 Å². The van der Waals surface area contributed by atoms with E-state index in [-0.39, 0.29) is 12.7 Å². The lowest BCUT2D eigenvalue weighted by Gasteiger charge is -2.32. The van der Waals surface area contributed by atoms with Gasteiger partial charge in [-0.3, -0.25) is 4.79 Å². The first-order valence-corrected chi connectivity index (χ1v) is 6.40. The van der Waals surface area contributed by atoms with Crippen LogP contribution in [0.25, 0.3) is 0 Å². The van der Waals surface area contributed by atoms with Gasteiger partial charge in [0, 0.05) is 19.3 Å². The van der Waals surface area contributed by atoms with Crippen LogP contribution in [0.5, 0.6) is 0 Å². The first-order valence-electron chi connectivity index (χ1n) is 6.40. The van der Waals surface area contributed by atoms with Gasteiger partial charge in [0.2, 0.25) is 5.91 Å². The van der Waals surface area contributed by atoms with Crippen molar-refractivity contribution in [2.24, 2.45) is 5.73 Å². The summed E-state index contributed by atoms with van der Waals surface area (Å²) in [5.41, 5.74) is 5.54. The zero-order valence-corrected chi connectivity index (χ0v) is 11.0. The Morgan fingerprint density at radius 2 is 2.10 bits per heavy atom. The van der Waals surface area contributed by atoms with Crippen LogP contribution in [0.2, 0.25) is 0 Å². The number of piperidine rings is 1. The molecule has 0 aliphatic carbocycles. The summed E-state index contributed by atoms with van der Waals surface area (Å²) in [4.78, 5) is 27.7. The molecule has 7 nitrogen and oxygen atoms in total. The van der Waals surface area contributed by atoms with Crippen molar-refractivity contribution in [2.45, 2.75) is 18.9 Å². The van der Waals surface area contributed by atoms with E-state index < -0.39 is 11.9 Å². The van der Waals surface area contributed by atoms with Crippen LogP contribution in [0.4, 0.5) is 5.82 Å². The number of nitrogens with two attached hydrogens (primary N) is 1.